The van der Waals surface area contributed by atoms with Crippen molar-refractivity contribution >= 4 is 9.84 Å². The van der Waals surface area contributed by atoms with E-state index in [1.165, 1.54) is 6.07 Å². The smallest absolute Gasteiger partial charge is 0.175 e. The van der Waals surface area contributed by atoms with Gasteiger partial charge in [0.15, 0.2) is 9.84 Å². The standard InChI is InChI=1S/C14H20FNO2S/c1-3-16-6-4-11(5-7-16)12-8-13(15)10-14(9-12)19(2,17)18/h8-11H,3-7H2,1-2H3. The largest absolute Gasteiger partial charge is 0.304 e. The van der Waals surface area contributed by atoms with Crippen LogP contribution in [0.1, 0.15) is 31.2 Å². The van der Waals surface area contributed by atoms with Crippen LogP contribution in [-0.4, -0.2) is 39.2 Å². The van der Waals surface area contributed by atoms with Crippen LogP contribution in [0.2, 0.25) is 0 Å². The van der Waals surface area contributed by atoms with E-state index < -0.39 is 15.7 Å². The third kappa shape index (κ3) is 3.54. The van der Waals surface area contributed by atoms with Gasteiger partial charge in [0.1, 0.15) is 5.82 Å². The third-order valence-electron chi connectivity index (χ3n) is 3.83. The molecule has 0 spiro atoms. The van der Waals surface area contributed by atoms with Crippen LogP contribution in [0, 0.1) is 5.82 Å². The van der Waals surface area contributed by atoms with Crippen LogP contribution in [0.5, 0.6) is 0 Å². The molecule has 1 aromatic rings. The Labute approximate surface area is 114 Å². The van der Waals surface area contributed by atoms with Gasteiger partial charge in [0.2, 0.25) is 0 Å². The lowest BCUT2D eigenvalue weighted by molar-refractivity contribution is 0.222. The normalized spacial score (nSPS) is 18.7. The van der Waals surface area contributed by atoms with Crippen molar-refractivity contribution in [1.82, 2.24) is 4.90 Å². The summed E-state index contributed by atoms with van der Waals surface area (Å²) in [5.41, 5.74) is 0.816. The van der Waals surface area contributed by atoms with E-state index in [1.807, 2.05) is 0 Å². The van der Waals surface area contributed by atoms with E-state index in [9.17, 15) is 12.8 Å². The summed E-state index contributed by atoms with van der Waals surface area (Å²) in [5.74, 6) is -0.199. The van der Waals surface area contributed by atoms with Crippen LogP contribution >= 0.6 is 0 Å². The summed E-state index contributed by atoms with van der Waals surface area (Å²) in [4.78, 5) is 2.44. The first-order valence-corrected chi connectivity index (χ1v) is 8.52. The van der Waals surface area contributed by atoms with Gasteiger partial charge < -0.3 is 4.90 Å². The van der Waals surface area contributed by atoms with Gasteiger partial charge in [-0.3, -0.25) is 0 Å². The Hall–Kier alpha value is -0.940. The molecule has 3 nitrogen and oxygen atoms in total. The topological polar surface area (TPSA) is 37.4 Å². The SMILES string of the molecule is CCN1CCC(c2cc(F)cc(S(C)(=O)=O)c2)CC1. The van der Waals surface area contributed by atoms with E-state index in [4.69, 9.17) is 0 Å². The van der Waals surface area contributed by atoms with Crippen molar-refractivity contribution in [3.63, 3.8) is 0 Å². The van der Waals surface area contributed by atoms with Crippen molar-refractivity contribution in [1.29, 1.82) is 0 Å². The summed E-state index contributed by atoms with van der Waals surface area (Å²) in [6.45, 7) is 5.15. The summed E-state index contributed by atoms with van der Waals surface area (Å²) >= 11 is 0. The Kier molecular flexibility index (Phi) is 4.26. The quantitative estimate of drug-likeness (QED) is 0.856. The molecule has 1 aromatic carbocycles. The molecule has 0 amide bonds. The molecule has 1 aliphatic heterocycles. The summed E-state index contributed by atoms with van der Waals surface area (Å²) < 4.78 is 36.7. The first kappa shape index (κ1) is 14.5. The fourth-order valence-electron chi connectivity index (χ4n) is 2.62. The zero-order valence-electron chi connectivity index (χ0n) is 11.4. The molecule has 0 aliphatic carbocycles. The lowest BCUT2D eigenvalue weighted by atomic mass is 9.89. The highest BCUT2D eigenvalue weighted by molar-refractivity contribution is 7.90. The average Bonchev–Trinajstić information content (AvgIpc) is 2.37. The number of nitrogens with zero attached hydrogens (tertiary/aromatic N) is 1. The highest BCUT2D eigenvalue weighted by atomic mass is 32.2. The van der Waals surface area contributed by atoms with Crippen LogP contribution in [-0.2, 0) is 9.84 Å². The van der Waals surface area contributed by atoms with Crippen LogP contribution < -0.4 is 0 Å². The molecule has 1 saturated heterocycles. The minimum Gasteiger partial charge on any atom is -0.304 e. The fraction of sp³-hybridized carbons (Fsp3) is 0.571. The van der Waals surface area contributed by atoms with Crippen LogP contribution in [0.15, 0.2) is 23.1 Å². The van der Waals surface area contributed by atoms with Crippen molar-refractivity contribution in [2.45, 2.75) is 30.6 Å². The molecule has 106 valence electrons. The molecule has 1 aliphatic rings. The van der Waals surface area contributed by atoms with Crippen molar-refractivity contribution in [3.8, 4) is 0 Å². The molecule has 0 bridgehead atoms. The molecule has 0 radical (unpaired) electrons. The van der Waals surface area contributed by atoms with Crippen molar-refractivity contribution < 1.29 is 12.8 Å². The van der Waals surface area contributed by atoms with Gasteiger partial charge in [0.05, 0.1) is 4.90 Å². The maximum Gasteiger partial charge on any atom is 0.175 e. The first-order valence-electron chi connectivity index (χ1n) is 6.63. The Morgan fingerprint density at radius 2 is 1.89 bits per heavy atom. The zero-order chi connectivity index (χ0) is 14.0. The molecule has 0 saturated carbocycles. The van der Waals surface area contributed by atoms with Crippen molar-refractivity contribution in [2.24, 2.45) is 0 Å². The molecule has 0 atom stereocenters. The number of benzene rings is 1. The van der Waals surface area contributed by atoms with Gasteiger partial charge >= 0.3 is 0 Å². The second-order valence-corrected chi connectivity index (χ2v) is 7.22. The number of rotatable bonds is 3. The van der Waals surface area contributed by atoms with Crippen LogP contribution in [0.4, 0.5) is 4.39 Å². The van der Waals surface area contributed by atoms with Gasteiger partial charge in [-0.2, -0.15) is 0 Å². The minimum atomic E-state index is -3.35. The Morgan fingerprint density at radius 3 is 2.42 bits per heavy atom. The van der Waals surface area contributed by atoms with E-state index in [2.05, 4.69) is 11.8 Å². The molecule has 0 aromatic heterocycles. The monoisotopic (exact) mass is 285 g/mol. The van der Waals surface area contributed by atoms with Gasteiger partial charge in [-0.25, -0.2) is 12.8 Å². The summed E-state index contributed by atoms with van der Waals surface area (Å²) in [7, 11) is -3.35. The molecule has 0 N–H and O–H groups in total. The highest BCUT2D eigenvalue weighted by Gasteiger charge is 2.21. The molecule has 5 heteroatoms. The number of hydrogen-bond acceptors (Lipinski definition) is 3. The third-order valence-corrected chi connectivity index (χ3v) is 4.92. The Morgan fingerprint density at radius 1 is 1.26 bits per heavy atom. The van der Waals surface area contributed by atoms with Crippen LogP contribution in [0.3, 0.4) is 0 Å². The Balaban J connectivity index is 2.24. The molecular weight excluding hydrogens is 265 g/mol. The molecule has 1 heterocycles. The van der Waals surface area contributed by atoms with Gasteiger partial charge in [-0.1, -0.05) is 6.92 Å². The van der Waals surface area contributed by atoms with Gasteiger partial charge in [-0.15, -0.1) is 0 Å². The maximum absolute atomic E-state index is 13.6. The lowest BCUT2D eigenvalue weighted by Crippen LogP contribution is -2.32. The van der Waals surface area contributed by atoms with Gasteiger partial charge in [-0.05, 0) is 62.2 Å². The first-order chi connectivity index (χ1) is 8.90. The molecule has 2 rings (SSSR count). The fourth-order valence-corrected chi connectivity index (χ4v) is 3.29. The van der Waals surface area contributed by atoms with Gasteiger partial charge in [0.25, 0.3) is 0 Å². The predicted molar refractivity (Wildman–Crippen MR) is 73.6 cm³/mol. The lowest BCUT2D eigenvalue weighted by Gasteiger charge is -2.31. The zero-order valence-corrected chi connectivity index (χ0v) is 12.2. The molecule has 1 fully saturated rings. The average molecular weight is 285 g/mol. The molecule has 19 heavy (non-hydrogen) atoms. The van der Waals surface area contributed by atoms with E-state index in [0.29, 0.717) is 0 Å². The number of sulfone groups is 1. The summed E-state index contributed by atoms with van der Waals surface area (Å²) in [5, 5.41) is 0. The molecule has 0 unspecified atom stereocenters. The Bertz CT molecular complexity index is 549. The second-order valence-electron chi connectivity index (χ2n) is 5.20. The highest BCUT2D eigenvalue weighted by Crippen LogP contribution is 2.30. The number of halogens is 1. The van der Waals surface area contributed by atoms with E-state index in [-0.39, 0.29) is 10.8 Å². The predicted octanol–water partition coefficient (Wildman–Crippen LogP) is 2.43. The maximum atomic E-state index is 13.6. The van der Waals surface area contributed by atoms with Crippen molar-refractivity contribution in [2.75, 3.05) is 25.9 Å². The summed E-state index contributed by atoms with van der Waals surface area (Å²) in [6, 6.07) is 4.20. The molecular formula is C14H20FNO2S. The minimum absolute atomic E-state index is 0.0837. The van der Waals surface area contributed by atoms with Crippen LogP contribution in [0.25, 0.3) is 0 Å². The van der Waals surface area contributed by atoms with E-state index in [0.717, 1.165) is 50.4 Å². The number of hydrogen-bond donors (Lipinski definition) is 0. The van der Waals surface area contributed by atoms with E-state index >= 15 is 0 Å². The number of likely N-dealkylation sites (tertiary alicyclic amines) is 1. The number of piperidine rings is 1. The van der Waals surface area contributed by atoms with Gasteiger partial charge in [0, 0.05) is 6.26 Å². The van der Waals surface area contributed by atoms with Crippen molar-refractivity contribution in [3.05, 3.63) is 29.6 Å². The summed E-state index contributed by atoms with van der Waals surface area (Å²) in [6.07, 6.45) is 3.03. The van der Waals surface area contributed by atoms with E-state index in [1.54, 1.807) is 6.07 Å². The second kappa shape index (κ2) is 5.59.